The van der Waals surface area contributed by atoms with Gasteiger partial charge in [-0.3, -0.25) is 4.79 Å². The van der Waals surface area contributed by atoms with E-state index in [0.717, 1.165) is 16.7 Å². The highest BCUT2D eigenvalue weighted by Crippen LogP contribution is 2.46. The molecule has 0 aliphatic heterocycles. The maximum Gasteiger partial charge on any atom is 0.380 e. The Labute approximate surface area is 210 Å². The Kier molecular flexibility index (Phi) is 8.20. The van der Waals surface area contributed by atoms with Crippen molar-refractivity contribution in [2.45, 2.75) is 19.0 Å². The number of rotatable bonds is 10. The van der Waals surface area contributed by atoms with Gasteiger partial charge in [0.05, 0.1) is 6.16 Å². The summed E-state index contributed by atoms with van der Waals surface area (Å²) in [6.45, 7) is 0. The third kappa shape index (κ3) is 7.40. The molecule has 0 fully saturated rings. The van der Waals surface area contributed by atoms with Crippen LogP contribution in [0.4, 0.5) is 0 Å². The fourth-order valence-electron chi connectivity index (χ4n) is 3.99. The van der Waals surface area contributed by atoms with E-state index in [1.54, 1.807) is 36.4 Å². The van der Waals surface area contributed by atoms with Gasteiger partial charge < -0.3 is 9.42 Å². The van der Waals surface area contributed by atoms with Gasteiger partial charge in [-0.2, -0.15) is 0 Å². The minimum atomic E-state index is -3.89. The lowest BCUT2D eigenvalue weighted by Gasteiger charge is -2.17. The summed E-state index contributed by atoms with van der Waals surface area (Å²) in [6, 6.07) is 32.9. The summed E-state index contributed by atoms with van der Waals surface area (Å²) in [5.74, 6) is -0.0141. The van der Waals surface area contributed by atoms with Gasteiger partial charge in [0, 0.05) is 16.5 Å². The first-order chi connectivity index (χ1) is 16.9. The van der Waals surface area contributed by atoms with Crippen molar-refractivity contribution in [3.8, 4) is 5.75 Å². The molecule has 178 valence electrons. The summed E-state index contributed by atoms with van der Waals surface area (Å²) in [6.07, 6.45) is 1.09. The molecule has 0 radical (unpaired) electrons. The van der Waals surface area contributed by atoms with Crippen LogP contribution in [0.3, 0.4) is 0 Å². The van der Waals surface area contributed by atoms with Crippen LogP contribution >= 0.6 is 19.2 Å². The number of benzene rings is 4. The van der Waals surface area contributed by atoms with Crippen molar-refractivity contribution in [2.24, 2.45) is 5.92 Å². The molecule has 4 aromatic rings. The van der Waals surface area contributed by atoms with Crippen molar-refractivity contribution in [1.29, 1.82) is 0 Å². The molecule has 0 spiro atoms. The zero-order valence-corrected chi connectivity index (χ0v) is 20.7. The smallest absolute Gasteiger partial charge is 0.380 e. The quantitative estimate of drug-likeness (QED) is 0.181. The molecular weight excluding hydrogens is 479 g/mol. The minimum Gasteiger partial charge on any atom is -0.424 e. The normalized spacial score (nSPS) is 13.5. The first kappa shape index (κ1) is 24.9. The second-order valence-electron chi connectivity index (χ2n) is 8.48. The van der Waals surface area contributed by atoms with Crippen LogP contribution in [-0.4, -0.2) is 10.7 Å². The highest BCUT2D eigenvalue weighted by Gasteiger charge is 2.24. The number of hydrogen-bond acceptors (Lipinski definition) is 3. The number of carbonyl (C=O) groups excluding carboxylic acids is 1. The van der Waals surface area contributed by atoms with Crippen molar-refractivity contribution in [3.63, 3.8) is 0 Å². The van der Waals surface area contributed by atoms with E-state index >= 15 is 0 Å². The van der Waals surface area contributed by atoms with Crippen LogP contribution in [0.15, 0.2) is 109 Å². The van der Waals surface area contributed by atoms with Gasteiger partial charge in [-0.15, -0.1) is 0 Å². The molecule has 0 bridgehead atoms. The van der Waals surface area contributed by atoms with Gasteiger partial charge in [-0.05, 0) is 65.9 Å². The second kappa shape index (κ2) is 11.5. The standard InChI is InChI=1S/C29H26ClO4P/c30-27-15-11-23(12-16-27)20-26(19-22-7-3-1-4-8-22)29(31)25-13-17-28(18-14-25)34-35(32,33)21-24-9-5-2-6-10-24/h1-18,26H,19-21H2,(H,32,33). The number of halogens is 1. The Hall–Kier alpha value is -3.17. The summed E-state index contributed by atoms with van der Waals surface area (Å²) in [4.78, 5) is 23.8. The molecule has 0 amide bonds. The average molecular weight is 505 g/mol. The van der Waals surface area contributed by atoms with Crippen LogP contribution in [0.2, 0.25) is 5.02 Å². The van der Waals surface area contributed by atoms with E-state index in [1.165, 1.54) is 0 Å². The van der Waals surface area contributed by atoms with Crippen LogP contribution < -0.4 is 4.52 Å². The molecule has 2 unspecified atom stereocenters. The lowest BCUT2D eigenvalue weighted by molar-refractivity contribution is 0.0918. The molecule has 0 saturated heterocycles. The maximum absolute atomic E-state index is 13.5. The van der Waals surface area contributed by atoms with E-state index in [9.17, 15) is 14.3 Å². The Morgan fingerprint density at radius 1 is 0.743 bits per heavy atom. The van der Waals surface area contributed by atoms with Crippen LogP contribution in [0.1, 0.15) is 27.0 Å². The van der Waals surface area contributed by atoms with Crippen molar-refractivity contribution in [2.75, 3.05) is 0 Å². The van der Waals surface area contributed by atoms with Gasteiger partial charge in [0.25, 0.3) is 0 Å². The predicted octanol–water partition coefficient (Wildman–Crippen LogP) is 7.39. The van der Waals surface area contributed by atoms with Gasteiger partial charge in [0.1, 0.15) is 5.75 Å². The first-order valence-corrected chi connectivity index (χ1v) is 13.5. The molecular formula is C29H26ClO4P. The number of hydrogen-bond donors (Lipinski definition) is 1. The molecule has 2 atom stereocenters. The van der Waals surface area contributed by atoms with Crippen molar-refractivity contribution < 1.29 is 18.8 Å². The summed E-state index contributed by atoms with van der Waals surface area (Å²) < 4.78 is 18.0. The third-order valence-corrected chi connectivity index (χ3v) is 7.22. The van der Waals surface area contributed by atoms with E-state index in [0.29, 0.717) is 23.4 Å². The molecule has 35 heavy (non-hydrogen) atoms. The van der Waals surface area contributed by atoms with Crippen LogP contribution in [0.25, 0.3) is 0 Å². The van der Waals surface area contributed by atoms with Gasteiger partial charge in [-0.1, -0.05) is 84.4 Å². The Morgan fingerprint density at radius 3 is 1.83 bits per heavy atom. The Bertz CT molecular complexity index is 1290. The van der Waals surface area contributed by atoms with Crippen LogP contribution in [-0.2, 0) is 23.6 Å². The van der Waals surface area contributed by atoms with Gasteiger partial charge in [0.2, 0.25) is 0 Å². The van der Waals surface area contributed by atoms with E-state index in [2.05, 4.69) is 0 Å². The van der Waals surface area contributed by atoms with E-state index in [4.69, 9.17) is 16.1 Å². The summed E-state index contributed by atoms with van der Waals surface area (Å²) in [7, 11) is -3.89. The number of carbonyl (C=O) groups is 1. The molecule has 0 aromatic heterocycles. The highest BCUT2D eigenvalue weighted by molar-refractivity contribution is 7.52. The van der Waals surface area contributed by atoms with Crippen LogP contribution in [0, 0.1) is 5.92 Å². The van der Waals surface area contributed by atoms with Gasteiger partial charge in [0.15, 0.2) is 5.78 Å². The molecule has 0 saturated carbocycles. The molecule has 4 rings (SSSR count). The molecule has 4 aromatic carbocycles. The van der Waals surface area contributed by atoms with Gasteiger partial charge in [-0.25, -0.2) is 4.57 Å². The lowest BCUT2D eigenvalue weighted by Crippen LogP contribution is -2.20. The highest BCUT2D eigenvalue weighted by atomic mass is 35.5. The SMILES string of the molecule is O=C(c1ccc(OP(=O)(O)Cc2ccccc2)cc1)C(Cc1ccccc1)Cc1ccc(Cl)cc1. The molecule has 1 N–H and O–H groups in total. The third-order valence-electron chi connectivity index (χ3n) is 5.70. The van der Waals surface area contributed by atoms with Crippen molar-refractivity contribution in [3.05, 3.63) is 136 Å². The maximum atomic E-state index is 13.5. The monoisotopic (exact) mass is 504 g/mol. The zero-order chi connectivity index (χ0) is 24.7. The lowest BCUT2D eigenvalue weighted by atomic mass is 9.86. The molecule has 4 nitrogen and oxygen atoms in total. The zero-order valence-electron chi connectivity index (χ0n) is 19.1. The second-order valence-corrected chi connectivity index (χ2v) is 10.7. The summed E-state index contributed by atoms with van der Waals surface area (Å²) >= 11 is 6.03. The Balaban J connectivity index is 1.49. The van der Waals surface area contributed by atoms with E-state index < -0.39 is 7.60 Å². The molecule has 0 heterocycles. The van der Waals surface area contributed by atoms with Gasteiger partial charge >= 0.3 is 7.60 Å². The first-order valence-electron chi connectivity index (χ1n) is 11.4. The fourth-order valence-corrected chi connectivity index (χ4v) is 5.30. The number of ketones is 1. The minimum absolute atomic E-state index is 0.00631. The van der Waals surface area contributed by atoms with Crippen molar-refractivity contribution in [1.82, 2.24) is 0 Å². The van der Waals surface area contributed by atoms with Crippen molar-refractivity contribution >= 4 is 25.0 Å². The fraction of sp³-hybridized carbons (Fsp3) is 0.138. The largest absolute Gasteiger partial charge is 0.424 e. The summed E-state index contributed by atoms with van der Waals surface area (Å²) in [5.41, 5.74) is 3.37. The molecule has 6 heteroatoms. The topological polar surface area (TPSA) is 63.6 Å². The van der Waals surface area contributed by atoms with E-state index in [1.807, 2.05) is 72.8 Å². The molecule has 0 aliphatic carbocycles. The average Bonchev–Trinajstić information content (AvgIpc) is 2.86. The van der Waals surface area contributed by atoms with Crippen LogP contribution in [0.5, 0.6) is 5.75 Å². The number of Topliss-reactive ketones (excluding diaryl/α,β-unsaturated/α-hetero) is 1. The van der Waals surface area contributed by atoms with E-state index in [-0.39, 0.29) is 23.6 Å². The summed E-state index contributed by atoms with van der Waals surface area (Å²) in [5, 5.41) is 0.656. The molecule has 0 aliphatic rings. The predicted molar refractivity (Wildman–Crippen MR) is 140 cm³/mol. The Morgan fingerprint density at radius 2 is 1.26 bits per heavy atom.